The second kappa shape index (κ2) is 9.74. The van der Waals surface area contributed by atoms with Crippen molar-refractivity contribution in [2.45, 2.75) is 26.8 Å². The van der Waals surface area contributed by atoms with E-state index in [1.54, 1.807) is 42.5 Å². The number of Topliss-reactive ketones (excluding diaryl/α,β-unsaturated/α-hetero) is 1. The van der Waals surface area contributed by atoms with Gasteiger partial charge in [0.1, 0.15) is 24.7 Å². The maximum absolute atomic E-state index is 13.6. The van der Waals surface area contributed by atoms with Crippen LogP contribution in [0.5, 0.6) is 17.2 Å². The molecule has 39 heavy (non-hydrogen) atoms. The highest BCUT2D eigenvalue weighted by atomic mass is 32.1. The second-order valence-corrected chi connectivity index (χ2v) is 10.5. The standard InChI is InChI=1S/C30H26N2O6S/c1-4-36-20-8-5-18(6-9-20)26-24(27(33)19-7-10-21-22(15-19)38-12-11-37-21)28(34)29(35)32(26)30-31-25-17(3)13-16(2)14-23(25)39-30/h5-10,13-15,26,33H,4,11-12H2,1-3H3/t26-/m0/s1. The van der Waals surface area contributed by atoms with Gasteiger partial charge in [-0.1, -0.05) is 29.5 Å². The quantitative estimate of drug-likeness (QED) is 0.196. The summed E-state index contributed by atoms with van der Waals surface area (Å²) in [4.78, 5) is 33.3. The molecule has 1 atom stereocenters. The van der Waals surface area contributed by atoms with Gasteiger partial charge in [-0.25, -0.2) is 4.98 Å². The lowest BCUT2D eigenvalue weighted by Crippen LogP contribution is -2.29. The number of aliphatic hydroxyl groups is 1. The van der Waals surface area contributed by atoms with E-state index in [0.29, 0.717) is 53.3 Å². The smallest absolute Gasteiger partial charge is 0.301 e. The summed E-state index contributed by atoms with van der Waals surface area (Å²) in [5.74, 6) is -0.138. The summed E-state index contributed by atoms with van der Waals surface area (Å²) < 4.78 is 17.8. The van der Waals surface area contributed by atoms with Crippen LogP contribution < -0.4 is 19.1 Å². The number of ether oxygens (including phenoxy) is 3. The van der Waals surface area contributed by atoms with E-state index in [0.717, 1.165) is 21.3 Å². The zero-order valence-corrected chi connectivity index (χ0v) is 22.5. The summed E-state index contributed by atoms with van der Waals surface area (Å²) >= 11 is 1.34. The molecule has 8 nitrogen and oxygen atoms in total. The zero-order valence-electron chi connectivity index (χ0n) is 21.7. The summed E-state index contributed by atoms with van der Waals surface area (Å²) in [5, 5.41) is 11.9. The minimum atomic E-state index is -0.893. The normalized spacial score (nSPS) is 18.1. The van der Waals surface area contributed by atoms with Crippen LogP contribution in [0.4, 0.5) is 5.13 Å². The Morgan fingerprint density at radius 3 is 2.54 bits per heavy atom. The first-order chi connectivity index (χ1) is 18.9. The fraction of sp³-hybridized carbons (Fsp3) is 0.233. The molecule has 3 heterocycles. The maximum Gasteiger partial charge on any atom is 0.301 e. The summed E-state index contributed by atoms with van der Waals surface area (Å²) in [6, 6.07) is 15.3. The molecule has 0 spiro atoms. The molecule has 0 saturated carbocycles. The number of hydrogen-bond donors (Lipinski definition) is 1. The van der Waals surface area contributed by atoms with E-state index in [4.69, 9.17) is 19.2 Å². The number of aliphatic hydroxyl groups excluding tert-OH is 1. The molecule has 1 aromatic heterocycles. The number of benzene rings is 3. The fourth-order valence-corrected chi connectivity index (χ4v) is 6.23. The SMILES string of the molecule is CCOc1ccc([C@H]2C(=C(O)c3ccc4c(c3)OCCO4)C(=O)C(=O)N2c2nc3c(C)cc(C)cc3s2)cc1. The minimum absolute atomic E-state index is 0.0204. The topological polar surface area (TPSA) is 98.2 Å². The number of fused-ring (bicyclic) bond motifs is 2. The largest absolute Gasteiger partial charge is 0.507 e. The van der Waals surface area contributed by atoms with Crippen molar-refractivity contribution >= 4 is 44.1 Å². The molecule has 1 saturated heterocycles. The zero-order chi connectivity index (χ0) is 27.3. The van der Waals surface area contributed by atoms with Crippen LogP contribution in [0.3, 0.4) is 0 Å². The molecule has 2 aliphatic heterocycles. The highest BCUT2D eigenvalue weighted by Crippen LogP contribution is 2.45. The van der Waals surface area contributed by atoms with Crippen LogP contribution in [0.15, 0.2) is 60.2 Å². The molecule has 0 radical (unpaired) electrons. The molecule has 0 bridgehead atoms. The van der Waals surface area contributed by atoms with Crippen molar-refractivity contribution in [2.24, 2.45) is 0 Å². The number of ketones is 1. The number of rotatable bonds is 5. The molecule has 1 N–H and O–H groups in total. The van der Waals surface area contributed by atoms with Crippen molar-refractivity contribution in [1.82, 2.24) is 4.98 Å². The van der Waals surface area contributed by atoms with Gasteiger partial charge in [-0.3, -0.25) is 14.5 Å². The molecule has 6 rings (SSSR count). The Balaban J connectivity index is 1.53. The molecule has 198 valence electrons. The predicted molar refractivity (Wildman–Crippen MR) is 149 cm³/mol. The van der Waals surface area contributed by atoms with E-state index in [-0.39, 0.29) is 11.3 Å². The maximum atomic E-state index is 13.6. The number of aromatic nitrogens is 1. The lowest BCUT2D eigenvalue weighted by molar-refractivity contribution is -0.132. The Bertz CT molecular complexity index is 1660. The third kappa shape index (κ3) is 4.28. The number of thiazole rings is 1. The Hall–Kier alpha value is -4.37. The lowest BCUT2D eigenvalue weighted by Gasteiger charge is -2.23. The Morgan fingerprint density at radius 1 is 1.05 bits per heavy atom. The van der Waals surface area contributed by atoms with Crippen molar-refractivity contribution in [3.8, 4) is 17.2 Å². The number of carbonyl (C=O) groups excluding carboxylic acids is 2. The second-order valence-electron chi connectivity index (χ2n) is 9.45. The number of hydrogen-bond acceptors (Lipinski definition) is 8. The first-order valence-electron chi connectivity index (χ1n) is 12.7. The monoisotopic (exact) mass is 542 g/mol. The molecule has 0 aliphatic carbocycles. The van der Waals surface area contributed by atoms with Crippen LogP contribution in [0, 0.1) is 13.8 Å². The van der Waals surface area contributed by atoms with Gasteiger partial charge in [0, 0.05) is 5.56 Å². The Morgan fingerprint density at radius 2 is 1.79 bits per heavy atom. The van der Waals surface area contributed by atoms with E-state index >= 15 is 0 Å². The molecule has 1 fully saturated rings. The number of amides is 1. The summed E-state index contributed by atoms with van der Waals surface area (Å²) in [6.07, 6.45) is 0. The van der Waals surface area contributed by atoms with Gasteiger partial charge in [0.05, 0.1) is 28.4 Å². The van der Waals surface area contributed by atoms with Gasteiger partial charge in [-0.05, 0) is 73.9 Å². The molecular formula is C30H26N2O6S. The fourth-order valence-electron chi connectivity index (χ4n) is 5.07. The van der Waals surface area contributed by atoms with Crippen LogP contribution in [-0.4, -0.2) is 41.6 Å². The first-order valence-corrected chi connectivity index (χ1v) is 13.5. The highest BCUT2D eigenvalue weighted by Gasteiger charge is 2.48. The van der Waals surface area contributed by atoms with Gasteiger partial charge in [0.2, 0.25) is 0 Å². The lowest BCUT2D eigenvalue weighted by atomic mass is 9.95. The number of anilines is 1. The molecule has 2 aliphatic rings. The van der Waals surface area contributed by atoms with Crippen LogP contribution in [0.1, 0.15) is 35.2 Å². The highest BCUT2D eigenvalue weighted by molar-refractivity contribution is 7.22. The average Bonchev–Trinajstić information content (AvgIpc) is 3.47. The molecule has 1 amide bonds. The third-order valence-corrected chi connectivity index (χ3v) is 7.79. The van der Waals surface area contributed by atoms with Gasteiger partial charge in [0.15, 0.2) is 16.6 Å². The van der Waals surface area contributed by atoms with Gasteiger partial charge in [-0.15, -0.1) is 0 Å². The molecule has 4 aromatic rings. The van der Waals surface area contributed by atoms with Gasteiger partial charge in [-0.2, -0.15) is 0 Å². The Labute approximate surface area is 229 Å². The van der Waals surface area contributed by atoms with Crippen molar-refractivity contribution in [3.63, 3.8) is 0 Å². The van der Waals surface area contributed by atoms with E-state index in [1.165, 1.54) is 16.2 Å². The third-order valence-electron chi connectivity index (χ3n) is 6.79. The van der Waals surface area contributed by atoms with Crippen molar-refractivity contribution in [1.29, 1.82) is 0 Å². The van der Waals surface area contributed by atoms with Gasteiger partial charge in [0.25, 0.3) is 5.78 Å². The van der Waals surface area contributed by atoms with E-state index in [9.17, 15) is 14.7 Å². The number of carbonyl (C=O) groups is 2. The summed E-state index contributed by atoms with van der Waals surface area (Å²) in [7, 11) is 0. The minimum Gasteiger partial charge on any atom is -0.507 e. The van der Waals surface area contributed by atoms with E-state index in [2.05, 4.69) is 0 Å². The molecule has 9 heteroatoms. The number of aryl methyl sites for hydroxylation is 2. The van der Waals surface area contributed by atoms with E-state index < -0.39 is 17.7 Å². The molecule has 3 aromatic carbocycles. The summed E-state index contributed by atoms with van der Waals surface area (Å²) in [6.45, 7) is 7.19. The predicted octanol–water partition coefficient (Wildman–Crippen LogP) is 5.71. The average molecular weight is 543 g/mol. The van der Waals surface area contributed by atoms with E-state index in [1.807, 2.05) is 32.9 Å². The van der Waals surface area contributed by atoms with Crippen LogP contribution in [-0.2, 0) is 9.59 Å². The Kier molecular flexibility index (Phi) is 6.23. The van der Waals surface area contributed by atoms with Crippen LogP contribution >= 0.6 is 11.3 Å². The van der Waals surface area contributed by atoms with Crippen molar-refractivity contribution in [3.05, 3.63) is 82.4 Å². The molecule has 0 unspecified atom stereocenters. The molecular weight excluding hydrogens is 516 g/mol. The van der Waals surface area contributed by atoms with Crippen LogP contribution in [0.25, 0.3) is 16.0 Å². The van der Waals surface area contributed by atoms with Gasteiger partial charge < -0.3 is 19.3 Å². The first kappa shape index (κ1) is 24.9. The van der Waals surface area contributed by atoms with Crippen molar-refractivity contribution in [2.75, 3.05) is 24.7 Å². The van der Waals surface area contributed by atoms with Crippen molar-refractivity contribution < 1.29 is 28.9 Å². The summed E-state index contributed by atoms with van der Waals surface area (Å²) in [5.41, 5.74) is 3.82. The number of nitrogens with zero attached hydrogens (tertiary/aromatic N) is 2. The van der Waals surface area contributed by atoms with Crippen LogP contribution in [0.2, 0.25) is 0 Å². The van der Waals surface area contributed by atoms with Gasteiger partial charge >= 0.3 is 5.91 Å².